The van der Waals surface area contributed by atoms with Crippen LogP contribution in [0.1, 0.15) is 41.5 Å². The Morgan fingerprint density at radius 3 is 2.38 bits per heavy atom. The van der Waals surface area contributed by atoms with Crippen LogP contribution < -0.4 is 15.4 Å². The normalized spacial score (nSPS) is 18.1. The molecule has 1 atom stereocenters. The molecule has 0 spiro atoms. The molecule has 3 N–H and O–H groups in total. The van der Waals surface area contributed by atoms with Crippen molar-refractivity contribution in [3.8, 4) is 0 Å². The molecule has 29 heavy (non-hydrogen) atoms. The highest BCUT2D eigenvalue weighted by Crippen LogP contribution is 2.37. The number of rotatable bonds is 4. The van der Waals surface area contributed by atoms with Crippen molar-refractivity contribution in [2.24, 2.45) is 5.92 Å². The Balaban J connectivity index is 1.85. The van der Waals surface area contributed by atoms with Gasteiger partial charge >= 0.3 is 6.18 Å². The smallest absolute Gasteiger partial charge is 0.364 e. The van der Waals surface area contributed by atoms with Crippen LogP contribution in [0.2, 0.25) is 0 Å². The van der Waals surface area contributed by atoms with E-state index in [1.54, 1.807) is 12.1 Å². The number of alkyl halides is 3. The molecule has 6 nitrogen and oxygen atoms in total. The third-order valence-corrected chi connectivity index (χ3v) is 5.83. The lowest BCUT2D eigenvalue weighted by Crippen LogP contribution is -2.38. The summed E-state index contributed by atoms with van der Waals surface area (Å²) in [4.78, 5) is 11.8. The molecule has 1 heterocycles. The Hall–Kier alpha value is -2.59. The number of halogens is 3. The van der Waals surface area contributed by atoms with Gasteiger partial charge in [0, 0.05) is 12.1 Å². The van der Waals surface area contributed by atoms with Gasteiger partial charge in [-0.3, -0.25) is 4.79 Å². The molecule has 1 amide bonds. The van der Waals surface area contributed by atoms with Crippen LogP contribution in [0.25, 0.3) is 0 Å². The van der Waals surface area contributed by atoms with Gasteiger partial charge in [-0.25, -0.2) is 8.42 Å². The first-order chi connectivity index (χ1) is 13.5. The van der Waals surface area contributed by atoms with E-state index in [1.807, 2.05) is 13.8 Å². The summed E-state index contributed by atoms with van der Waals surface area (Å²) in [5, 5.41) is 5.55. The molecular weight excluding hydrogens is 407 g/mol. The largest absolute Gasteiger partial charge is 0.416 e. The number of carbonyl (C=O) groups is 1. The fraction of sp³-hybridized carbons (Fsp3) is 0.316. The molecule has 0 saturated heterocycles. The Morgan fingerprint density at radius 2 is 1.79 bits per heavy atom. The second kappa shape index (κ2) is 7.68. The average molecular weight is 427 g/mol. The van der Waals surface area contributed by atoms with E-state index in [1.165, 1.54) is 12.1 Å². The predicted molar refractivity (Wildman–Crippen MR) is 102 cm³/mol. The van der Waals surface area contributed by atoms with E-state index in [0.717, 1.165) is 18.2 Å². The van der Waals surface area contributed by atoms with E-state index < -0.39 is 27.9 Å². The highest BCUT2D eigenvalue weighted by molar-refractivity contribution is 7.89. The summed E-state index contributed by atoms with van der Waals surface area (Å²) in [7, 11) is -4.01. The number of benzene rings is 2. The minimum absolute atomic E-state index is 0.137. The van der Waals surface area contributed by atoms with Gasteiger partial charge in [0.05, 0.1) is 11.3 Å². The number of anilines is 1. The Kier molecular flexibility index (Phi) is 5.59. The molecule has 0 aliphatic carbocycles. The van der Waals surface area contributed by atoms with E-state index in [9.17, 15) is 26.4 Å². The molecule has 0 fully saturated rings. The summed E-state index contributed by atoms with van der Waals surface area (Å²) in [6.45, 7) is 4.45. The van der Waals surface area contributed by atoms with Crippen molar-refractivity contribution in [3.63, 3.8) is 0 Å². The summed E-state index contributed by atoms with van der Waals surface area (Å²) in [5.74, 6) is 0.0309. The molecule has 0 aromatic heterocycles. The summed E-state index contributed by atoms with van der Waals surface area (Å²) in [5.41, 5.74) is -0.232. The summed E-state index contributed by atoms with van der Waals surface area (Å²) >= 11 is 0. The number of amides is 1. The molecule has 3 rings (SSSR count). The Morgan fingerprint density at radius 1 is 1.14 bits per heavy atom. The van der Waals surface area contributed by atoms with Crippen molar-refractivity contribution in [2.75, 3.05) is 11.9 Å². The highest BCUT2D eigenvalue weighted by Gasteiger charge is 2.35. The third-order valence-electron chi connectivity index (χ3n) is 4.35. The quantitative estimate of drug-likeness (QED) is 0.697. The van der Waals surface area contributed by atoms with Crippen molar-refractivity contribution in [1.82, 2.24) is 10.0 Å². The zero-order chi connectivity index (χ0) is 21.4. The van der Waals surface area contributed by atoms with E-state index in [-0.39, 0.29) is 16.5 Å². The number of hydrogen-bond donors (Lipinski definition) is 3. The van der Waals surface area contributed by atoms with Gasteiger partial charge in [-0.05, 0) is 41.8 Å². The van der Waals surface area contributed by atoms with Gasteiger partial charge in [-0.15, -0.1) is 0 Å². The first kappa shape index (κ1) is 21.1. The number of fused-ring (bicyclic) bond motifs is 1. The molecule has 0 radical (unpaired) electrons. The molecule has 10 heteroatoms. The van der Waals surface area contributed by atoms with Crippen molar-refractivity contribution in [1.29, 1.82) is 0 Å². The van der Waals surface area contributed by atoms with Crippen molar-refractivity contribution in [2.45, 2.75) is 31.1 Å². The average Bonchev–Trinajstić information content (AvgIpc) is 2.64. The highest BCUT2D eigenvalue weighted by atomic mass is 32.2. The van der Waals surface area contributed by atoms with Gasteiger partial charge in [0.25, 0.3) is 5.91 Å². The van der Waals surface area contributed by atoms with Gasteiger partial charge in [0.2, 0.25) is 10.0 Å². The van der Waals surface area contributed by atoms with Gasteiger partial charge < -0.3 is 10.6 Å². The monoisotopic (exact) mass is 427 g/mol. The van der Waals surface area contributed by atoms with Crippen molar-refractivity contribution >= 4 is 21.6 Å². The molecular formula is C19H20F3N3O3S. The maximum absolute atomic E-state index is 13.0. The van der Waals surface area contributed by atoms with Crippen LogP contribution in [0.3, 0.4) is 0 Å². The van der Waals surface area contributed by atoms with E-state index in [4.69, 9.17) is 0 Å². The summed E-state index contributed by atoms with van der Waals surface area (Å²) in [6.07, 6.45) is -5.56. The first-order valence-electron chi connectivity index (χ1n) is 8.85. The third kappa shape index (κ3) is 4.70. The second-order valence-corrected chi connectivity index (χ2v) is 8.82. The fourth-order valence-corrected chi connectivity index (χ4v) is 4.12. The van der Waals surface area contributed by atoms with Crippen LogP contribution >= 0.6 is 0 Å². The van der Waals surface area contributed by atoms with Crippen LogP contribution in [-0.2, 0) is 16.2 Å². The zero-order valence-electron chi connectivity index (χ0n) is 15.7. The van der Waals surface area contributed by atoms with Crippen molar-refractivity contribution in [3.05, 3.63) is 59.2 Å². The summed E-state index contributed by atoms with van der Waals surface area (Å²) in [6, 6.07) is 8.57. The lowest BCUT2D eigenvalue weighted by atomic mass is 10.1. The minimum atomic E-state index is -4.59. The van der Waals surface area contributed by atoms with E-state index in [0.29, 0.717) is 23.6 Å². The number of nitrogens with one attached hydrogen (secondary N) is 3. The zero-order valence-corrected chi connectivity index (χ0v) is 16.5. The van der Waals surface area contributed by atoms with Crippen LogP contribution in [0.4, 0.5) is 18.9 Å². The maximum Gasteiger partial charge on any atom is 0.416 e. The lowest BCUT2D eigenvalue weighted by Gasteiger charge is -2.29. The first-order valence-corrected chi connectivity index (χ1v) is 10.3. The van der Waals surface area contributed by atoms with E-state index in [2.05, 4.69) is 15.4 Å². The van der Waals surface area contributed by atoms with Crippen molar-refractivity contribution < 1.29 is 26.4 Å². The molecule has 0 saturated carbocycles. The SMILES string of the molecule is CC(C)CNC(=O)c1ccc([C@H]2Nc3cc(C(F)(F)F)ccc3S(=O)(=O)N2)cc1. The van der Waals surface area contributed by atoms with Crippen LogP contribution in [0, 0.1) is 5.92 Å². The van der Waals surface area contributed by atoms with Gasteiger partial charge in [-0.2, -0.15) is 17.9 Å². The maximum atomic E-state index is 13.0. The number of carbonyl (C=O) groups excluding carboxylic acids is 1. The molecule has 2 aromatic carbocycles. The minimum Gasteiger partial charge on any atom is -0.364 e. The predicted octanol–water partition coefficient (Wildman–Crippen LogP) is 3.49. The molecule has 1 aliphatic heterocycles. The topological polar surface area (TPSA) is 87.3 Å². The lowest BCUT2D eigenvalue weighted by molar-refractivity contribution is -0.137. The standard InChI is InChI=1S/C19H20F3N3O3S/c1-11(2)10-23-18(26)13-5-3-12(4-6-13)17-24-15-9-14(19(20,21)22)7-8-16(15)29(27,28)25-17/h3-9,11,17,24-25H,10H2,1-2H3,(H,23,26)/t17-/m0/s1. The summed E-state index contributed by atoms with van der Waals surface area (Å²) < 4.78 is 66.2. The molecule has 156 valence electrons. The fourth-order valence-electron chi connectivity index (χ4n) is 2.83. The van der Waals surface area contributed by atoms with Crippen LogP contribution in [0.5, 0.6) is 0 Å². The van der Waals surface area contributed by atoms with Crippen LogP contribution in [-0.4, -0.2) is 20.9 Å². The van der Waals surface area contributed by atoms with E-state index >= 15 is 0 Å². The van der Waals surface area contributed by atoms with Gasteiger partial charge in [0.1, 0.15) is 11.1 Å². The molecule has 2 aromatic rings. The molecule has 1 aliphatic rings. The molecule has 0 bridgehead atoms. The Labute approximate surface area is 166 Å². The number of sulfonamides is 1. The second-order valence-electron chi connectivity index (χ2n) is 7.13. The molecule has 0 unspecified atom stereocenters. The van der Waals surface area contributed by atoms with Gasteiger partial charge in [0.15, 0.2) is 0 Å². The number of hydrogen-bond acceptors (Lipinski definition) is 4. The Bertz CT molecular complexity index is 1020. The van der Waals surface area contributed by atoms with Gasteiger partial charge in [-0.1, -0.05) is 26.0 Å². The van der Waals surface area contributed by atoms with Crippen LogP contribution in [0.15, 0.2) is 47.4 Å².